The van der Waals surface area contributed by atoms with Crippen LogP contribution in [0, 0.1) is 0 Å². The van der Waals surface area contributed by atoms with Crippen molar-refractivity contribution in [1.29, 1.82) is 0 Å². The van der Waals surface area contributed by atoms with Crippen LogP contribution in [0.2, 0.25) is 0 Å². The van der Waals surface area contributed by atoms with E-state index >= 15 is 0 Å². The van der Waals surface area contributed by atoms with E-state index < -0.39 is 5.97 Å². The highest BCUT2D eigenvalue weighted by Crippen LogP contribution is 2.26. The number of anilines is 1. The van der Waals surface area contributed by atoms with Gasteiger partial charge >= 0.3 is 5.97 Å². The Hall–Kier alpha value is -3.02. The molecule has 6 heteroatoms. The van der Waals surface area contributed by atoms with Crippen LogP contribution in [-0.2, 0) is 20.7 Å². The SMILES string of the molecule is COc1ccc(OCCCC(=O)OCC(=O)N2CCCc3ccccc32)cc1. The molecule has 28 heavy (non-hydrogen) atoms. The minimum atomic E-state index is -0.392. The highest BCUT2D eigenvalue weighted by molar-refractivity contribution is 5.96. The van der Waals surface area contributed by atoms with Gasteiger partial charge in [0.05, 0.1) is 13.7 Å². The first kappa shape index (κ1) is 19.7. The summed E-state index contributed by atoms with van der Waals surface area (Å²) >= 11 is 0. The first-order chi connectivity index (χ1) is 13.7. The summed E-state index contributed by atoms with van der Waals surface area (Å²) in [5.41, 5.74) is 2.08. The van der Waals surface area contributed by atoms with Gasteiger partial charge in [-0.3, -0.25) is 9.59 Å². The van der Waals surface area contributed by atoms with Gasteiger partial charge in [0.1, 0.15) is 11.5 Å². The number of amides is 1. The van der Waals surface area contributed by atoms with Gasteiger partial charge in [0.15, 0.2) is 6.61 Å². The highest BCUT2D eigenvalue weighted by Gasteiger charge is 2.22. The van der Waals surface area contributed by atoms with Gasteiger partial charge in [-0.25, -0.2) is 0 Å². The molecular weight excluding hydrogens is 358 g/mol. The fourth-order valence-electron chi connectivity index (χ4n) is 3.16. The summed E-state index contributed by atoms with van der Waals surface area (Å²) in [6.45, 7) is 0.824. The molecule has 0 unspecified atom stereocenters. The number of hydrogen-bond acceptors (Lipinski definition) is 5. The van der Waals surface area contributed by atoms with Crippen LogP contribution in [0.3, 0.4) is 0 Å². The molecule has 148 valence electrons. The summed E-state index contributed by atoms with van der Waals surface area (Å²) in [6.07, 6.45) is 2.61. The van der Waals surface area contributed by atoms with Crippen LogP contribution < -0.4 is 14.4 Å². The molecule has 2 aromatic carbocycles. The number of hydrogen-bond donors (Lipinski definition) is 0. The second kappa shape index (κ2) is 9.78. The van der Waals surface area contributed by atoms with E-state index in [0.29, 0.717) is 25.3 Å². The van der Waals surface area contributed by atoms with Crippen LogP contribution in [0.15, 0.2) is 48.5 Å². The lowest BCUT2D eigenvalue weighted by Crippen LogP contribution is -2.38. The molecule has 0 N–H and O–H groups in total. The Morgan fingerprint density at radius 3 is 2.57 bits per heavy atom. The lowest BCUT2D eigenvalue weighted by Gasteiger charge is -2.29. The second-order valence-electron chi connectivity index (χ2n) is 6.57. The van der Waals surface area contributed by atoms with Gasteiger partial charge in [0.25, 0.3) is 5.91 Å². The van der Waals surface area contributed by atoms with Gasteiger partial charge in [0, 0.05) is 18.7 Å². The van der Waals surface area contributed by atoms with Crippen molar-refractivity contribution in [2.45, 2.75) is 25.7 Å². The Labute approximate surface area is 165 Å². The van der Waals surface area contributed by atoms with Crippen LogP contribution >= 0.6 is 0 Å². The third-order valence-corrected chi connectivity index (χ3v) is 4.62. The molecule has 0 bridgehead atoms. The number of rotatable bonds is 8. The zero-order valence-corrected chi connectivity index (χ0v) is 16.1. The zero-order chi connectivity index (χ0) is 19.8. The van der Waals surface area contributed by atoms with E-state index in [1.165, 1.54) is 0 Å². The smallest absolute Gasteiger partial charge is 0.306 e. The Balaban J connectivity index is 1.37. The highest BCUT2D eigenvalue weighted by atomic mass is 16.5. The zero-order valence-electron chi connectivity index (χ0n) is 16.1. The molecule has 0 saturated heterocycles. The molecule has 1 aliphatic heterocycles. The van der Waals surface area contributed by atoms with E-state index in [-0.39, 0.29) is 18.9 Å². The number of carbonyl (C=O) groups excluding carboxylic acids is 2. The van der Waals surface area contributed by atoms with Crippen molar-refractivity contribution in [1.82, 2.24) is 0 Å². The number of carbonyl (C=O) groups is 2. The third-order valence-electron chi connectivity index (χ3n) is 4.62. The van der Waals surface area contributed by atoms with E-state index in [1.807, 2.05) is 48.5 Å². The van der Waals surface area contributed by atoms with Crippen molar-refractivity contribution in [2.75, 3.05) is 31.8 Å². The maximum Gasteiger partial charge on any atom is 0.306 e. The van der Waals surface area contributed by atoms with Crippen molar-refractivity contribution in [2.24, 2.45) is 0 Å². The number of ether oxygens (including phenoxy) is 3. The van der Waals surface area contributed by atoms with Gasteiger partial charge in [0.2, 0.25) is 0 Å². The predicted octanol–water partition coefficient (Wildman–Crippen LogP) is 3.38. The number of aryl methyl sites for hydroxylation is 1. The topological polar surface area (TPSA) is 65.1 Å². The van der Waals surface area contributed by atoms with Crippen LogP contribution in [0.5, 0.6) is 11.5 Å². The van der Waals surface area contributed by atoms with Crippen molar-refractivity contribution >= 4 is 17.6 Å². The van der Waals surface area contributed by atoms with Gasteiger partial charge in [-0.15, -0.1) is 0 Å². The predicted molar refractivity (Wildman–Crippen MR) is 106 cm³/mol. The van der Waals surface area contributed by atoms with Crippen LogP contribution in [0.4, 0.5) is 5.69 Å². The van der Waals surface area contributed by atoms with E-state index in [1.54, 1.807) is 12.0 Å². The summed E-state index contributed by atoms with van der Waals surface area (Å²) in [6, 6.07) is 15.1. The van der Waals surface area contributed by atoms with Crippen LogP contribution in [-0.4, -0.2) is 38.7 Å². The minimum absolute atomic E-state index is 0.185. The summed E-state index contributed by atoms with van der Waals surface area (Å²) in [5, 5.41) is 0. The number of nitrogens with zero attached hydrogens (tertiary/aromatic N) is 1. The molecular formula is C22H25NO5. The summed E-state index contributed by atoms with van der Waals surface area (Å²) in [5.74, 6) is 0.900. The van der Waals surface area contributed by atoms with Crippen molar-refractivity contribution in [3.8, 4) is 11.5 Å². The Morgan fingerprint density at radius 1 is 1.04 bits per heavy atom. The molecule has 0 saturated carbocycles. The molecule has 1 heterocycles. The fraction of sp³-hybridized carbons (Fsp3) is 0.364. The van der Waals surface area contributed by atoms with Gasteiger partial charge in [-0.05, 0) is 55.2 Å². The van der Waals surface area contributed by atoms with Gasteiger partial charge in [-0.2, -0.15) is 0 Å². The van der Waals surface area contributed by atoms with E-state index in [2.05, 4.69) is 0 Å². The molecule has 0 spiro atoms. The minimum Gasteiger partial charge on any atom is -0.497 e. The number of esters is 1. The lowest BCUT2D eigenvalue weighted by molar-refractivity contribution is -0.148. The van der Waals surface area contributed by atoms with Crippen molar-refractivity contribution < 1.29 is 23.8 Å². The number of methoxy groups -OCH3 is 1. The number of benzene rings is 2. The monoisotopic (exact) mass is 383 g/mol. The van der Waals surface area contributed by atoms with Crippen LogP contribution in [0.25, 0.3) is 0 Å². The Bertz CT molecular complexity index is 803. The largest absolute Gasteiger partial charge is 0.497 e. The molecule has 0 fully saturated rings. The van der Waals surface area contributed by atoms with E-state index in [9.17, 15) is 9.59 Å². The molecule has 0 aliphatic carbocycles. The lowest BCUT2D eigenvalue weighted by atomic mass is 10.0. The average molecular weight is 383 g/mol. The summed E-state index contributed by atoms with van der Waals surface area (Å²) in [7, 11) is 1.61. The molecule has 0 atom stereocenters. The molecule has 1 aliphatic rings. The summed E-state index contributed by atoms with van der Waals surface area (Å²) < 4.78 is 15.8. The molecule has 0 aromatic heterocycles. The molecule has 0 radical (unpaired) electrons. The Morgan fingerprint density at radius 2 is 1.79 bits per heavy atom. The molecule has 6 nitrogen and oxygen atoms in total. The van der Waals surface area contributed by atoms with E-state index in [4.69, 9.17) is 14.2 Å². The second-order valence-corrected chi connectivity index (χ2v) is 6.57. The quantitative estimate of drug-likeness (QED) is 0.516. The third kappa shape index (κ3) is 5.25. The molecule has 3 rings (SSSR count). The van der Waals surface area contributed by atoms with Gasteiger partial charge in [-0.1, -0.05) is 18.2 Å². The standard InChI is InChI=1S/C22H25NO5/c1-26-18-10-12-19(13-11-18)27-15-5-9-22(25)28-16-21(24)23-14-4-7-17-6-2-3-8-20(17)23/h2-3,6,8,10-13H,4-5,7,9,14-16H2,1H3. The van der Waals surface area contributed by atoms with Crippen LogP contribution in [0.1, 0.15) is 24.8 Å². The fourth-order valence-corrected chi connectivity index (χ4v) is 3.16. The number of fused-ring (bicyclic) bond motifs is 1. The van der Waals surface area contributed by atoms with E-state index in [0.717, 1.165) is 29.8 Å². The average Bonchev–Trinajstić information content (AvgIpc) is 2.75. The maximum atomic E-state index is 12.4. The maximum absolute atomic E-state index is 12.4. The van der Waals surface area contributed by atoms with Crippen molar-refractivity contribution in [3.63, 3.8) is 0 Å². The normalized spacial score (nSPS) is 12.8. The van der Waals surface area contributed by atoms with Gasteiger partial charge < -0.3 is 19.1 Å². The molecule has 2 aromatic rings. The summed E-state index contributed by atoms with van der Waals surface area (Å²) in [4.78, 5) is 26.1. The Kier molecular flexibility index (Phi) is 6.89. The first-order valence-electron chi connectivity index (χ1n) is 9.48. The molecule has 1 amide bonds. The van der Waals surface area contributed by atoms with Crippen molar-refractivity contribution in [3.05, 3.63) is 54.1 Å². The first-order valence-corrected chi connectivity index (χ1v) is 9.48. The number of para-hydroxylation sites is 1.